The van der Waals surface area contributed by atoms with Crippen molar-refractivity contribution in [3.63, 3.8) is 0 Å². The Labute approximate surface area is 108 Å². The first-order chi connectivity index (χ1) is 6.68. The lowest BCUT2D eigenvalue weighted by Crippen LogP contribution is -2.19. The van der Waals surface area contributed by atoms with Gasteiger partial charge in [-0.05, 0) is 18.8 Å². The van der Waals surface area contributed by atoms with E-state index in [1.807, 2.05) is 12.4 Å². The van der Waals surface area contributed by atoms with Crippen LogP contribution in [0.2, 0.25) is 0 Å². The lowest BCUT2D eigenvalue weighted by Gasteiger charge is -2.27. The van der Waals surface area contributed by atoms with Crippen molar-refractivity contribution in [2.24, 2.45) is 5.41 Å². The fourth-order valence-electron chi connectivity index (χ4n) is 2.10. The standard InChI is InChI=1S/C12H16N2.HI/c1-10-4-3-5-12(2,8-10)9-11-13-6-7-14-11;/h3-7H,8-9H2,1-2H3,(H,13,14);1H. The van der Waals surface area contributed by atoms with E-state index in [4.69, 9.17) is 0 Å². The smallest absolute Gasteiger partial charge is 0.106 e. The molecule has 1 aromatic rings. The second-order valence-electron chi connectivity index (χ2n) is 4.42. The van der Waals surface area contributed by atoms with Crippen molar-refractivity contribution in [2.45, 2.75) is 26.7 Å². The maximum Gasteiger partial charge on any atom is 0.106 e. The zero-order valence-electron chi connectivity index (χ0n) is 9.16. The molecular weight excluding hydrogens is 299 g/mol. The second kappa shape index (κ2) is 4.96. The van der Waals surface area contributed by atoms with Gasteiger partial charge in [0.15, 0.2) is 0 Å². The molecule has 3 heteroatoms. The summed E-state index contributed by atoms with van der Waals surface area (Å²) in [5.41, 5.74) is 1.68. The molecule has 1 aliphatic rings. The molecule has 0 saturated carbocycles. The van der Waals surface area contributed by atoms with Gasteiger partial charge >= 0.3 is 0 Å². The average Bonchev–Trinajstić information content (AvgIpc) is 2.55. The van der Waals surface area contributed by atoms with Crippen LogP contribution in [0.5, 0.6) is 0 Å². The molecule has 0 aromatic carbocycles. The number of halogens is 1. The van der Waals surface area contributed by atoms with Gasteiger partial charge in [-0.3, -0.25) is 0 Å². The Hall–Kier alpha value is -0.580. The van der Waals surface area contributed by atoms with E-state index in [2.05, 4.69) is 42.0 Å². The zero-order valence-corrected chi connectivity index (χ0v) is 11.5. The van der Waals surface area contributed by atoms with Crippen LogP contribution in [0, 0.1) is 5.41 Å². The molecule has 82 valence electrons. The van der Waals surface area contributed by atoms with Crippen molar-refractivity contribution in [2.75, 3.05) is 0 Å². The first kappa shape index (κ1) is 12.5. The Bertz CT molecular complexity index is 365. The molecule has 2 rings (SSSR count). The van der Waals surface area contributed by atoms with Gasteiger partial charge in [-0.25, -0.2) is 4.98 Å². The summed E-state index contributed by atoms with van der Waals surface area (Å²) >= 11 is 0. The molecule has 1 aliphatic carbocycles. The summed E-state index contributed by atoms with van der Waals surface area (Å²) < 4.78 is 0. The van der Waals surface area contributed by atoms with Crippen molar-refractivity contribution >= 4 is 24.0 Å². The number of nitrogens with zero attached hydrogens (tertiary/aromatic N) is 1. The van der Waals surface area contributed by atoms with Crippen LogP contribution in [0.15, 0.2) is 36.2 Å². The molecule has 0 saturated heterocycles. The molecule has 0 spiro atoms. The normalized spacial score (nSPS) is 24.5. The monoisotopic (exact) mass is 316 g/mol. The minimum atomic E-state index is 0. The van der Waals surface area contributed by atoms with Gasteiger partial charge in [0.2, 0.25) is 0 Å². The molecule has 1 N–H and O–H groups in total. The van der Waals surface area contributed by atoms with Gasteiger partial charge in [0.25, 0.3) is 0 Å². The SMILES string of the molecule is CC1=CC=CC(C)(Cc2ncc[nH]2)C1.I. The minimum absolute atomic E-state index is 0. The fraction of sp³-hybridized carbons (Fsp3) is 0.417. The largest absolute Gasteiger partial charge is 0.349 e. The summed E-state index contributed by atoms with van der Waals surface area (Å²) in [5, 5.41) is 0. The van der Waals surface area contributed by atoms with E-state index in [0.717, 1.165) is 18.7 Å². The van der Waals surface area contributed by atoms with Gasteiger partial charge in [0, 0.05) is 18.8 Å². The molecule has 0 fully saturated rings. The molecule has 1 aromatic heterocycles. The molecule has 1 unspecified atom stereocenters. The van der Waals surface area contributed by atoms with E-state index in [-0.39, 0.29) is 29.4 Å². The molecule has 0 aliphatic heterocycles. The average molecular weight is 316 g/mol. The maximum absolute atomic E-state index is 4.27. The van der Waals surface area contributed by atoms with Gasteiger partial charge in [0.05, 0.1) is 0 Å². The van der Waals surface area contributed by atoms with Crippen molar-refractivity contribution in [3.05, 3.63) is 42.0 Å². The van der Waals surface area contributed by atoms with Crippen LogP contribution in [0.1, 0.15) is 26.1 Å². The van der Waals surface area contributed by atoms with Crippen LogP contribution in [0.4, 0.5) is 0 Å². The fourth-order valence-corrected chi connectivity index (χ4v) is 2.10. The molecule has 0 radical (unpaired) electrons. The lowest BCUT2D eigenvalue weighted by molar-refractivity contribution is 0.407. The number of rotatable bonds is 2. The molecule has 0 amide bonds. The highest BCUT2D eigenvalue weighted by Crippen LogP contribution is 2.33. The van der Waals surface area contributed by atoms with E-state index in [1.165, 1.54) is 5.57 Å². The summed E-state index contributed by atoms with van der Waals surface area (Å²) in [5.74, 6) is 1.08. The number of hydrogen-bond donors (Lipinski definition) is 1. The Morgan fingerprint density at radius 2 is 2.33 bits per heavy atom. The number of H-pyrrole nitrogens is 1. The van der Waals surface area contributed by atoms with Gasteiger partial charge < -0.3 is 4.98 Å². The van der Waals surface area contributed by atoms with Crippen molar-refractivity contribution in [3.8, 4) is 0 Å². The summed E-state index contributed by atoms with van der Waals surface area (Å²) in [6, 6.07) is 0. The third kappa shape index (κ3) is 3.19. The van der Waals surface area contributed by atoms with Crippen molar-refractivity contribution in [1.82, 2.24) is 9.97 Å². The Balaban J connectivity index is 0.00000112. The number of aromatic amines is 1. The van der Waals surface area contributed by atoms with Crippen molar-refractivity contribution < 1.29 is 0 Å². The highest BCUT2D eigenvalue weighted by Gasteiger charge is 2.24. The highest BCUT2D eigenvalue weighted by atomic mass is 127. The zero-order chi connectivity index (χ0) is 10.0. The summed E-state index contributed by atoms with van der Waals surface area (Å²) in [4.78, 5) is 7.43. The van der Waals surface area contributed by atoms with Crippen LogP contribution < -0.4 is 0 Å². The van der Waals surface area contributed by atoms with Gasteiger partial charge in [0.1, 0.15) is 5.82 Å². The molecule has 1 heterocycles. The van der Waals surface area contributed by atoms with Gasteiger partial charge in [-0.15, -0.1) is 24.0 Å². The summed E-state index contributed by atoms with van der Waals surface area (Å²) in [6.07, 6.45) is 12.4. The highest BCUT2D eigenvalue weighted by molar-refractivity contribution is 14.0. The Morgan fingerprint density at radius 1 is 1.53 bits per heavy atom. The topological polar surface area (TPSA) is 28.7 Å². The number of aromatic nitrogens is 2. The van der Waals surface area contributed by atoms with Crippen LogP contribution in [-0.4, -0.2) is 9.97 Å². The van der Waals surface area contributed by atoms with Gasteiger partial charge in [-0.1, -0.05) is 30.7 Å². The second-order valence-corrected chi connectivity index (χ2v) is 4.42. The quantitative estimate of drug-likeness (QED) is 0.832. The van der Waals surface area contributed by atoms with E-state index in [1.54, 1.807) is 0 Å². The summed E-state index contributed by atoms with van der Waals surface area (Å²) in [7, 11) is 0. The van der Waals surface area contributed by atoms with Crippen molar-refractivity contribution in [1.29, 1.82) is 0 Å². The first-order valence-corrected chi connectivity index (χ1v) is 5.01. The lowest BCUT2D eigenvalue weighted by atomic mass is 9.78. The minimum Gasteiger partial charge on any atom is -0.349 e. The third-order valence-electron chi connectivity index (χ3n) is 2.69. The first-order valence-electron chi connectivity index (χ1n) is 5.01. The third-order valence-corrected chi connectivity index (χ3v) is 2.69. The Kier molecular flexibility index (Phi) is 4.13. The van der Waals surface area contributed by atoms with Crippen LogP contribution in [-0.2, 0) is 6.42 Å². The summed E-state index contributed by atoms with van der Waals surface area (Å²) in [6.45, 7) is 4.46. The molecule has 0 bridgehead atoms. The van der Waals surface area contributed by atoms with Crippen LogP contribution in [0.25, 0.3) is 0 Å². The van der Waals surface area contributed by atoms with E-state index >= 15 is 0 Å². The molecule has 1 atom stereocenters. The van der Waals surface area contributed by atoms with Crippen LogP contribution in [0.3, 0.4) is 0 Å². The number of hydrogen-bond acceptors (Lipinski definition) is 1. The van der Waals surface area contributed by atoms with E-state index in [0.29, 0.717) is 0 Å². The molecular formula is C12H17IN2. The predicted octanol–water partition coefficient (Wildman–Crippen LogP) is 3.48. The van der Waals surface area contributed by atoms with E-state index in [9.17, 15) is 0 Å². The van der Waals surface area contributed by atoms with E-state index < -0.39 is 0 Å². The maximum atomic E-state index is 4.27. The molecule has 2 nitrogen and oxygen atoms in total. The predicted molar refractivity (Wildman–Crippen MR) is 73.3 cm³/mol. The Morgan fingerprint density at radius 3 is 2.93 bits per heavy atom. The van der Waals surface area contributed by atoms with Crippen LogP contribution >= 0.6 is 24.0 Å². The van der Waals surface area contributed by atoms with Gasteiger partial charge in [-0.2, -0.15) is 0 Å². The number of nitrogens with one attached hydrogen (secondary N) is 1. The number of allylic oxidation sites excluding steroid dienone is 4. The number of imidazole rings is 1. The molecule has 15 heavy (non-hydrogen) atoms.